The van der Waals surface area contributed by atoms with E-state index in [0.29, 0.717) is 5.56 Å². The van der Waals surface area contributed by atoms with Gasteiger partial charge in [-0.05, 0) is 52.9 Å². The molecule has 0 aliphatic heterocycles. The molecule has 1 amide bonds. The molecule has 2 rings (SSSR count). The summed E-state index contributed by atoms with van der Waals surface area (Å²) in [5, 5.41) is 9.74. The second-order valence-corrected chi connectivity index (χ2v) is 4.98. The number of hydrogen-bond donors (Lipinski definition) is 1. The number of phenols is 1. The Balaban J connectivity index is 2.34. The van der Waals surface area contributed by atoms with Gasteiger partial charge in [0.15, 0.2) is 0 Å². The molecule has 1 heterocycles. The molecule has 1 aromatic carbocycles. The Bertz CT molecular complexity index is 572. The zero-order valence-corrected chi connectivity index (χ0v) is 11.8. The summed E-state index contributed by atoms with van der Waals surface area (Å²) >= 11 is 2.10. The third kappa shape index (κ3) is 2.61. The molecule has 4 nitrogen and oxygen atoms in total. The van der Waals surface area contributed by atoms with Crippen molar-refractivity contribution in [3.8, 4) is 5.75 Å². The first-order valence-corrected chi connectivity index (χ1v) is 6.34. The van der Waals surface area contributed by atoms with Crippen molar-refractivity contribution < 1.29 is 9.90 Å². The average Bonchev–Trinajstić information content (AvgIpc) is 2.41. The quantitative estimate of drug-likeness (QED) is 0.844. The van der Waals surface area contributed by atoms with Gasteiger partial charge < -0.3 is 10.0 Å². The molecular weight excluding hydrogens is 343 g/mol. The number of phenolic OH excluding ortho intramolecular Hbond substituents is 1. The van der Waals surface area contributed by atoms with Crippen molar-refractivity contribution in [1.29, 1.82) is 0 Å². The molecule has 0 radical (unpaired) electrons. The fourth-order valence-corrected chi connectivity index (χ4v) is 2.04. The standard InChI is InChI=1S/C13H11IN2O2/c1-16(10-4-6-15-7-5-10)13(18)11-8-9(14)2-3-12(11)17/h2-8,17H,1H3. The lowest BCUT2D eigenvalue weighted by Gasteiger charge is -2.17. The van der Waals surface area contributed by atoms with Gasteiger partial charge in [0.2, 0.25) is 0 Å². The van der Waals surface area contributed by atoms with Gasteiger partial charge in [0.25, 0.3) is 5.91 Å². The number of carbonyl (C=O) groups is 1. The highest BCUT2D eigenvalue weighted by atomic mass is 127. The van der Waals surface area contributed by atoms with Gasteiger partial charge in [0.05, 0.1) is 5.56 Å². The van der Waals surface area contributed by atoms with E-state index in [-0.39, 0.29) is 11.7 Å². The van der Waals surface area contributed by atoms with Crippen molar-refractivity contribution in [2.75, 3.05) is 11.9 Å². The van der Waals surface area contributed by atoms with Crippen LogP contribution in [0.15, 0.2) is 42.7 Å². The fourth-order valence-electron chi connectivity index (χ4n) is 1.55. The van der Waals surface area contributed by atoms with Crippen molar-refractivity contribution in [1.82, 2.24) is 4.98 Å². The Morgan fingerprint density at radius 1 is 1.28 bits per heavy atom. The van der Waals surface area contributed by atoms with Crippen molar-refractivity contribution in [3.63, 3.8) is 0 Å². The monoisotopic (exact) mass is 354 g/mol. The number of pyridine rings is 1. The summed E-state index contributed by atoms with van der Waals surface area (Å²) in [6.07, 6.45) is 3.24. The third-order valence-corrected chi connectivity index (χ3v) is 3.21. The predicted molar refractivity (Wildman–Crippen MR) is 77.8 cm³/mol. The number of nitrogens with zero attached hydrogens (tertiary/aromatic N) is 2. The summed E-state index contributed by atoms with van der Waals surface area (Å²) in [6.45, 7) is 0. The van der Waals surface area contributed by atoms with Gasteiger partial charge in [-0.3, -0.25) is 9.78 Å². The lowest BCUT2D eigenvalue weighted by Crippen LogP contribution is -2.26. The van der Waals surface area contributed by atoms with E-state index in [1.165, 1.54) is 11.0 Å². The number of rotatable bonds is 2. The van der Waals surface area contributed by atoms with Crippen LogP contribution in [0.5, 0.6) is 5.75 Å². The molecule has 5 heteroatoms. The molecule has 2 aromatic rings. The predicted octanol–water partition coefficient (Wildman–Crippen LogP) is 2.67. The minimum absolute atomic E-state index is 0.0127. The van der Waals surface area contributed by atoms with Gasteiger partial charge in [-0.15, -0.1) is 0 Å². The molecule has 0 bridgehead atoms. The molecule has 0 aliphatic rings. The highest BCUT2D eigenvalue weighted by molar-refractivity contribution is 14.1. The maximum Gasteiger partial charge on any atom is 0.261 e. The molecule has 0 fully saturated rings. The number of hydrogen-bond acceptors (Lipinski definition) is 3. The van der Waals surface area contributed by atoms with Crippen LogP contribution in [-0.4, -0.2) is 23.0 Å². The number of amides is 1. The minimum Gasteiger partial charge on any atom is -0.507 e. The maximum atomic E-state index is 12.3. The summed E-state index contributed by atoms with van der Waals surface area (Å²) < 4.78 is 0.900. The zero-order chi connectivity index (χ0) is 13.1. The molecule has 1 aromatic heterocycles. The van der Waals surface area contributed by atoms with Crippen LogP contribution in [0.1, 0.15) is 10.4 Å². The highest BCUT2D eigenvalue weighted by Gasteiger charge is 2.17. The van der Waals surface area contributed by atoms with E-state index >= 15 is 0 Å². The summed E-state index contributed by atoms with van der Waals surface area (Å²) in [6, 6.07) is 8.41. The first-order chi connectivity index (χ1) is 8.59. The van der Waals surface area contributed by atoms with Crippen molar-refractivity contribution in [2.24, 2.45) is 0 Å². The molecule has 92 valence electrons. The van der Waals surface area contributed by atoms with Crippen LogP contribution in [0.3, 0.4) is 0 Å². The third-order valence-electron chi connectivity index (χ3n) is 2.54. The topological polar surface area (TPSA) is 53.4 Å². The molecule has 0 aliphatic carbocycles. The van der Waals surface area contributed by atoms with E-state index in [4.69, 9.17) is 0 Å². The molecule has 1 N–H and O–H groups in total. The maximum absolute atomic E-state index is 12.3. The van der Waals surface area contributed by atoms with Gasteiger partial charge in [0.1, 0.15) is 5.75 Å². The first-order valence-electron chi connectivity index (χ1n) is 5.26. The number of carbonyl (C=O) groups excluding carboxylic acids is 1. The van der Waals surface area contributed by atoms with Gasteiger partial charge >= 0.3 is 0 Å². The summed E-state index contributed by atoms with van der Waals surface area (Å²) in [5.41, 5.74) is 1.02. The Hall–Kier alpha value is -1.63. The van der Waals surface area contributed by atoms with E-state index in [1.807, 2.05) is 0 Å². The van der Waals surface area contributed by atoms with Gasteiger partial charge in [-0.1, -0.05) is 0 Å². The van der Waals surface area contributed by atoms with Crippen LogP contribution in [0.2, 0.25) is 0 Å². The number of benzene rings is 1. The Kier molecular flexibility index (Phi) is 3.81. The summed E-state index contributed by atoms with van der Waals surface area (Å²) in [7, 11) is 1.66. The Labute approximate surface area is 118 Å². The lowest BCUT2D eigenvalue weighted by atomic mass is 10.1. The molecule has 0 spiro atoms. The van der Waals surface area contributed by atoms with Crippen LogP contribution < -0.4 is 4.90 Å². The molecule has 0 saturated heterocycles. The largest absolute Gasteiger partial charge is 0.507 e. The fraction of sp³-hybridized carbons (Fsp3) is 0.0769. The number of anilines is 1. The van der Waals surface area contributed by atoms with Crippen molar-refractivity contribution >= 4 is 34.2 Å². The van der Waals surface area contributed by atoms with E-state index < -0.39 is 0 Å². The van der Waals surface area contributed by atoms with Gasteiger partial charge in [-0.2, -0.15) is 0 Å². The van der Waals surface area contributed by atoms with Crippen LogP contribution >= 0.6 is 22.6 Å². The molecule has 0 saturated carbocycles. The Morgan fingerprint density at radius 2 is 1.94 bits per heavy atom. The molecule has 0 atom stereocenters. The van der Waals surface area contributed by atoms with E-state index in [0.717, 1.165) is 9.26 Å². The highest BCUT2D eigenvalue weighted by Crippen LogP contribution is 2.23. The summed E-state index contributed by atoms with van der Waals surface area (Å²) in [4.78, 5) is 17.6. The number of halogens is 1. The molecular formula is C13H11IN2O2. The van der Waals surface area contributed by atoms with Crippen LogP contribution in [0.4, 0.5) is 5.69 Å². The SMILES string of the molecule is CN(C(=O)c1cc(I)ccc1O)c1ccncc1. The van der Waals surface area contributed by atoms with Crippen LogP contribution in [0.25, 0.3) is 0 Å². The second-order valence-electron chi connectivity index (χ2n) is 3.73. The van der Waals surface area contributed by atoms with Gasteiger partial charge in [0, 0.05) is 28.7 Å². The van der Waals surface area contributed by atoms with E-state index in [1.54, 1.807) is 43.7 Å². The molecule has 0 unspecified atom stereocenters. The number of aromatic nitrogens is 1. The van der Waals surface area contributed by atoms with Crippen molar-refractivity contribution in [2.45, 2.75) is 0 Å². The second kappa shape index (κ2) is 5.34. The lowest BCUT2D eigenvalue weighted by molar-refractivity contribution is 0.0990. The minimum atomic E-state index is -0.253. The summed E-state index contributed by atoms with van der Waals surface area (Å²) in [5.74, 6) is -0.265. The van der Waals surface area contributed by atoms with Crippen LogP contribution in [0, 0.1) is 3.57 Å². The first kappa shape index (κ1) is 12.8. The Morgan fingerprint density at radius 3 is 2.61 bits per heavy atom. The van der Waals surface area contributed by atoms with Gasteiger partial charge in [-0.25, -0.2) is 0 Å². The normalized spacial score (nSPS) is 10.1. The van der Waals surface area contributed by atoms with E-state index in [9.17, 15) is 9.90 Å². The van der Waals surface area contributed by atoms with Crippen molar-refractivity contribution in [3.05, 3.63) is 51.9 Å². The smallest absolute Gasteiger partial charge is 0.261 e. The van der Waals surface area contributed by atoms with Crippen LogP contribution in [-0.2, 0) is 0 Å². The number of aromatic hydroxyl groups is 1. The average molecular weight is 354 g/mol. The zero-order valence-electron chi connectivity index (χ0n) is 9.67. The van der Waals surface area contributed by atoms with E-state index in [2.05, 4.69) is 27.6 Å². The molecule has 18 heavy (non-hydrogen) atoms.